The van der Waals surface area contributed by atoms with Crippen LogP contribution in [0, 0.1) is 0 Å². The van der Waals surface area contributed by atoms with Crippen LogP contribution in [0.1, 0.15) is 32.1 Å². The summed E-state index contributed by atoms with van der Waals surface area (Å²) in [5, 5.41) is 26.0. The van der Waals surface area contributed by atoms with Crippen molar-refractivity contribution < 1.29 is 55.8 Å². The van der Waals surface area contributed by atoms with Gasteiger partial charge in [0.05, 0.1) is 36.3 Å². The molecule has 0 amide bonds. The van der Waals surface area contributed by atoms with E-state index in [-0.39, 0.29) is 28.5 Å². The number of nitrogens with zero attached hydrogens (tertiary/aromatic N) is 4. The van der Waals surface area contributed by atoms with E-state index in [1.165, 1.54) is 31.6 Å². The van der Waals surface area contributed by atoms with E-state index < -0.39 is 48.2 Å². The summed E-state index contributed by atoms with van der Waals surface area (Å²) in [6.45, 7) is 0. The van der Waals surface area contributed by atoms with Crippen molar-refractivity contribution in [1.82, 2.24) is 19.9 Å². The van der Waals surface area contributed by atoms with Crippen molar-refractivity contribution in [3.8, 4) is 11.3 Å². The minimum absolute atomic E-state index is 0.0203. The summed E-state index contributed by atoms with van der Waals surface area (Å²) in [5.74, 6) is -2.15. The number of aromatic nitrogens is 4. The predicted molar refractivity (Wildman–Crippen MR) is 151 cm³/mol. The van der Waals surface area contributed by atoms with E-state index in [2.05, 4.69) is 40.6 Å². The fraction of sp³-hybridized carbons (Fsp3) is 0.120. The first-order valence-electron chi connectivity index (χ1n) is 11.8. The number of ether oxygens (including phenoxy) is 1. The number of methoxy groups -OCH3 is 1. The normalized spacial score (nSPS) is 10.9. The molecular formula is C25H20BBrF6N6O6. The second-order valence-corrected chi connectivity index (χ2v) is 9.09. The summed E-state index contributed by atoms with van der Waals surface area (Å²) in [5.41, 5.74) is 9.16. The third-order valence-corrected chi connectivity index (χ3v) is 5.58. The number of hydrogen-bond donors (Lipinski definition) is 5. The standard InChI is InChI=1S/C12H8F3N3O2.C7H6BF3O2.C6H6BrN3O2/c13-12(14,15)7-3-1-6(2-4-7)8-5-17-10(16)9(18-8)11(19)20;9-7(10,11)5-1-3-6(4-2-5)8(12)13;1-12-6(11)4-5(8)9-2-3(7)10-4/h1-5H,(H2,16,17)(H,19,20);1-4,12-13H;2H,1H3,(H2,8,9). The Bertz CT molecular complexity index is 1630. The number of rotatable bonds is 4. The maximum atomic E-state index is 12.4. The van der Waals surface area contributed by atoms with Crippen LogP contribution in [0.15, 0.2) is 65.5 Å². The van der Waals surface area contributed by atoms with Crippen molar-refractivity contribution >= 4 is 52.1 Å². The van der Waals surface area contributed by atoms with Crippen LogP contribution in [0.25, 0.3) is 11.3 Å². The second-order valence-electron chi connectivity index (χ2n) is 8.28. The van der Waals surface area contributed by atoms with E-state index >= 15 is 0 Å². The number of hydrogen-bond acceptors (Lipinski definition) is 11. The number of carbonyl (C=O) groups excluding carboxylic acids is 1. The Labute approximate surface area is 258 Å². The van der Waals surface area contributed by atoms with E-state index in [0.717, 1.165) is 36.4 Å². The predicted octanol–water partition coefficient (Wildman–Crippen LogP) is 3.44. The molecule has 0 unspecified atom stereocenters. The minimum Gasteiger partial charge on any atom is -0.476 e. The van der Waals surface area contributed by atoms with Gasteiger partial charge in [0, 0.05) is 5.56 Å². The van der Waals surface area contributed by atoms with Crippen molar-refractivity contribution in [3.63, 3.8) is 0 Å². The smallest absolute Gasteiger partial charge is 0.476 e. The monoisotopic (exact) mass is 704 g/mol. The molecular weight excluding hydrogens is 685 g/mol. The summed E-state index contributed by atoms with van der Waals surface area (Å²) in [7, 11) is -0.480. The molecule has 238 valence electrons. The van der Waals surface area contributed by atoms with E-state index in [1.54, 1.807) is 0 Å². The number of aromatic carboxylic acids is 1. The molecule has 0 aliphatic carbocycles. The average Bonchev–Trinajstić information content (AvgIpc) is 2.98. The third-order valence-electron chi connectivity index (χ3n) is 5.20. The zero-order chi connectivity index (χ0) is 34.1. The van der Waals surface area contributed by atoms with Crippen LogP contribution in [0.2, 0.25) is 0 Å². The molecule has 0 atom stereocenters. The van der Waals surface area contributed by atoms with Gasteiger partial charge in [0.15, 0.2) is 23.0 Å². The van der Waals surface area contributed by atoms with Crippen LogP contribution in [0.4, 0.5) is 38.0 Å². The van der Waals surface area contributed by atoms with Gasteiger partial charge >= 0.3 is 31.4 Å². The molecule has 2 aromatic heterocycles. The maximum Gasteiger partial charge on any atom is 0.488 e. The molecule has 0 aliphatic rings. The lowest BCUT2D eigenvalue weighted by Crippen LogP contribution is -2.29. The Kier molecular flexibility index (Phi) is 12.3. The molecule has 0 aliphatic heterocycles. The van der Waals surface area contributed by atoms with Gasteiger partial charge in [-0.3, -0.25) is 0 Å². The highest BCUT2D eigenvalue weighted by molar-refractivity contribution is 9.10. The Morgan fingerprint density at radius 3 is 1.71 bits per heavy atom. The summed E-state index contributed by atoms with van der Waals surface area (Å²) in [6.07, 6.45) is -6.22. The molecule has 12 nitrogen and oxygen atoms in total. The van der Waals surface area contributed by atoms with Gasteiger partial charge in [-0.1, -0.05) is 36.4 Å². The van der Waals surface area contributed by atoms with E-state index in [0.29, 0.717) is 10.2 Å². The van der Waals surface area contributed by atoms with Crippen LogP contribution >= 0.6 is 15.9 Å². The number of halogens is 7. The topological polar surface area (TPSA) is 208 Å². The van der Waals surface area contributed by atoms with Crippen LogP contribution in [0.3, 0.4) is 0 Å². The van der Waals surface area contributed by atoms with Crippen molar-refractivity contribution in [2.75, 3.05) is 18.6 Å². The number of anilines is 2. The first kappa shape index (κ1) is 36.4. The van der Waals surface area contributed by atoms with Gasteiger partial charge in [-0.2, -0.15) is 26.3 Å². The van der Waals surface area contributed by atoms with Gasteiger partial charge in [0.1, 0.15) is 4.60 Å². The molecule has 0 saturated carbocycles. The SMILES string of the molecule is COC(=O)c1nc(Br)cnc1N.Nc1ncc(-c2ccc(C(F)(F)F)cc2)nc1C(=O)O.OB(O)c1ccc(C(F)(F)F)cc1. The number of carboxylic acids is 1. The van der Waals surface area contributed by atoms with Crippen LogP contribution in [0.5, 0.6) is 0 Å². The zero-order valence-electron chi connectivity index (χ0n) is 22.5. The molecule has 4 aromatic rings. The molecule has 0 fully saturated rings. The lowest BCUT2D eigenvalue weighted by atomic mass is 9.80. The number of carboxylic acid groups (broad SMARTS) is 1. The number of benzene rings is 2. The first-order valence-corrected chi connectivity index (χ1v) is 12.6. The second kappa shape index (κ2) is 15.3. The fourth-order valence-electron chi connectivity index (χ4n) is 2.99. The quantitative estimate of drug-likeness (QED) is 0.118. The molecule has 0 radical (unpaired) electrons. The Hall–Kier alpha value is -4.82. The van der Waals surface area contributed by atoms with Crippen molar-refractivity contribution in [2.45, 2.75) is 12.4 Å². The van der Waals surface area contributed by atoms with Gasteiger partial charge in [-0.15, -0.1) is 0 Å². The molecule has 45 heavy (non-hydrogen) atoms. The van der Waals surface area contributed by atoms with Crippen molar-refractivity contribution in [3.05, 3.63) is 88.0 Å². The minimum atomic E-state index is -4.43. The maximum absolute atomic E-state index is 12.4. The molecule has 2 heterocycles. The largest absolute Gasteiger partial charge is 0.488 e. The summed E-state index contributed by atoms with van der Waals surface area (Å²) < 4.78 is 78.1. The number of nitrogens with two attached hydrogens (primary N) is 2. The van der Waals surface area contributed by atoms with Crippen molar-refractivity contribution in [1.29, 1.82) is 0 Å². The molecule has 0 spiro atoms. The van der Waals surface area contributed by atoms with Crippen LogP contribution in [-0.2, 0) is 17.1 Å². The molecule has 7 N–H and O–H groups in total. The first-order chi connectivity index (χ1) is 20.8. The molecule has 4 rings (SSSR count). The number of carbonyl (C=O) groups is 2. The highest BCUT2D eigenvalue weighted by Gasteiger charge is 2.31. The van der Waals surface area contributed by atoms with Crippen molar-refractivity contribution in [2.24, 2.45) is 0 Å². The Balaban J connectivity index is 0.000000247. The molecule has 0 bridgehead atoms. The summed E-state index contributed by atoms with van der Waals surface area (Å²) in [6, 6.07) is 7.79. The number of esters is 1. The van der Waals surface area contributed by atoms with E-state index in [1.807, 2.05) is 0 Å². The van der Waals surface area contributed by atoms with Gasteiger partial charge in [-0.05, 0) is 33.5 Å². The highest BCUT2D eigenvalue weighted by atomic mass is 79.9. The van der Waals surface area contributed by atoms with Gasteiger partial charge < -0.3 is 31.4 Å². The molecule has 2 aromatic carbocycles. The van der Waals surface area contributed by atoms with Gasteiger partial charge in [0.25, 0.3) is 0 Å². The average molecular weight is 705 g/mol. The molecule has 0 saturated heterocycles. The van der Waals surface area contributed by atoms with Crippen LogP contribution < -0.4 is 16.9 Å². The lowest BCUT2D eigenvalue weighted by Gasteiger charge is -2.08. The number of alkyl halides is 6. The van der Waals surface area contributed by atoms with E-state index in [4.69, 9.17) is 26.6 Å². The fourth-order valence-corrected chi connectivity index (χ4v) is 3.27. The van der Waals surface area contributed by atoms with Gasteiger partial charge in [-0.25, -0.2) is 29.5 Å². The van der Waals surface area contributed by atoms with Gasteiger partial charge in [0.2, 0.25) is 0 Å². The summed E-state index contributed by atoms with van der Waals surface area (Å²) in [4.78, 5) is 36.8. The summed E-state index contributed by atoms with van der Waals surface area (Å²) >= 11 is 3.06. The van der Waals surface area contributed by atoms with Crippen LogP contribution in [-0.4, -0.2) is 61.3 Å². The Morgan fingerprint density at radius 2 is 1.27 bits per heavy atom. The number of nitrogen functional groups attached to an aromatic ring is 2. The highest BCUT2D eigenvalue weighted by Crippen LogP contribution is 2.31. The molecule has 20 heteroatoms. The Morgan fingerprint density at radius 1 is 0.800 bits per heavy atom. The third kappa shape index (κ3) is 10.7. The lowest BCUT2D eigenvalue weighted by molar-refractivity contribution is -0.138. The van der Waals surface area contributed by atoms with E-state index in [9.17, 15) is 35.9 Å². The zero-order valence-corrected chi connectivity index (χ0v) is 24.1.